The maximum absolute atomic E-state index is 12.6. The molecule has 2 aromatic rings. The van der Waals surface area contributed by atoms with Crippen LogP contribution in [0, 0.1) is 19.8 Å². The predicted octanol–water partition coefficient (Wildman–Crippen LogP) is 2.95. The molecule has 3 heterocycles. The highest BCUT2D eigenvalue weighted by atomic mass is 16.5. The number of aryl methyl sites for hydroxylation is 2. The minimum atomic E-state index is 0.149. The minimum absolute atomic E-state index is 0.149. The minimum Gasteiger partial charge on any atom is -0.342 e. The number of aromatic nitrogens is 4. The number of nitrogens with zero attached hydrogens (tertiary/aromatic N) is 4. The second-order valence-corrected chi connectivity index (χ2v) is 7.75. The van der Waals surface area contributed by atoms with Gasteiger partial charge in [-0.3, -0.25) is 9.89 Å². The number of amides is 1. The number of nitrogens with one attached hydrogen (secondary N) is 1. The average molecular weight is 359 g/mol. The van der Waals surface area contributed by atoms with Crippen molar-refractivity contribution in [3.63, 3.8) is 0 Å². The molecule has 1 saturated heterocycles. The van der Waals surface area contributed by atoms with Gasteiger partial charge in [0.15, 0.2) is 5.82 Å². The van der Waals surface area contributed by atoms with E-state index in [1.54, 1.807) is 0 Å². The van der Waals surface area contributed by atoms with E-state index in [1.807, 2.05) is 18.7 Å². The van der Waals surface area contributed by atoms with E-state index in [1.165, 1.54) is 0 Å². The molecule has 0 radical (unpaired) electrons. The number of hydrogen-bond acceptors (Lipinski definition) is 5. The Morgan fingerprint density at radius 2 is 2.19 bits per heavy atom. The molecule has 0 aromatic carbocycles. The monoisotopic (exact) mass is 359 g/mol. The average Bonchev–Trinajstić information content (AvgIpc) is 3.20. The van der Waals surface area contributed by atoms with Crippen LogP contribution in [-0.4, -0.2) is 44.2 Å². The van der Waals surface area contributed by atoms with Crippen LogP contribution in [0.2, 0.25) is 0 Å². The van der Waals surface area contributed by atoms with E-state index in [9.17, 15) is 4.79 Å². The van der Waals surface area contributed by atoms with Crippen molar-refractivity contribution in [1.82, 2.24) is 25.2 Å². The molecule has 7 nitrogen and oxygen atoms in total. The van der Waals surface area contributed by atoms with Crippen molar-refractivity contribution in [3.8, 4) is 0 Å². The maximum atomic E-state index is 12.6. The molecule has 1 N–H and O–H groups in total. The molecule has 0 saturated carbocycles. The van der Waals surface area contributed by atoms with E-state index >= 15 is 0 Å². The lowest BCUT2D eigenvalue weighted by atomic mass is 9.97. The number of likely N-dealkylation sites (tertiary alicyclic amines) is 1. The molecule has 26 heavy (non-hydrogen) atoms. The van der Waals surface area contributed by atoms with Gasteiger partial charge in [-0.15, -0.1) is 0 Å². The SMILES string of the molecule is Cc1[nH]nc(CCC(=O)N2CCCC(c3nc(CC(C)C)no3)C2)c1C. The lowest BCUT2D eigenvalue weighted by molar-refractivity contribution is -0.132. The predicted molar refractivity (Wildman–Crippen MR) is 97.8 cm³/mol. The van der Waals surface area contributed by atoms with Crippen molar-refractivity contribution in [1.29, 1.82) is 0 Å². The van der Waals surface area contributed by atoms with Crippen LogP contribution in [-0.2, 0) is 17.6 Å². The third kappa shape index (κ3) is 4.31. The van der Waals surface area contributed by atoms with Crippen molar-refractivity contribution in [2.24, 2.45) is 5.92 Å². The quantitative estimate of drug-likeness (QED) is 0.857. The van der Waals surface area contributed by atoms with Crippen LogP contribution in [0.5, 0.6) is 0 Å². The molecule has 142 valence electrons. The second kappa shape index (κ2) is 8.01. The Morgan fingerprint density at radius 1 is 1.38 bits per heavy atom. The Morgan fingerprint density at radius 3 is 2.88 bits per heavy atom. The maximum Gasteiger partial charge on any atom is 0.231 e. The fraction of sp³-hybridized carbons (Fsp3) is 0.684. The van der Waals surface area contributed by atoms with E-state index in [2.05, 4.69) is 34.2 Å². The van der Waals surface area contributed by atoms with Crippen molar-refractivity contribution in [3.05, 3.63) is 28.7 Å². The standard InChI is InChI=1S/C19H29N5O2/c1-12(2)10-17-20-19(26-23-17)15-6-5-9-24(11-15)18(25)8-7-16-13(3)14(4)21-22-16/h12,15H,5-11H2,1-4H3,(H,21,22). The summed E-state index contributed by atoms with van der Waals surface area (Å²) < 4.78 is 5.47. The van der Waals surface area contributed by atoms with Gasteiger partial charge in [0.1, 0.15) is 0 Å². The topological polar surface area (TPSA) is 87.9 Å². The number of aromatic amines is 1. The van der Waals surface area contributed by atoms with E-state index in [-0.39, 0.29) is 11.8 Å². The Bertz CT molecular complexity index is 749. The third-order valence-electron chi connectivity index (χ3n) is 5.13. The normalized spacial score (nSPS) is 17.9. The molecule has 1 unspecified atom stereocenters. The zero-order valence-electron chi connectivity index (χ0n) is 16.2. The van der Waals surface area contributed by atoms with Crippen molar-refractivity contribution in [2.45, 2.75) is 65.7 Å². The number of hydrogen-bond donors (Lipinski definition) is 1. The third-order valence-corrected chi connectivity index (χ3v) is 5.13. The van der Waals surface area contributed by atoms with E-state index in [0.717, 1.165) is 48.6 Å². The van der Waals surface area contributed by atoms with Crippen LogP contribution in [0.1, 0.15) is 67.7 Å². The Kier molecular flexibility index (Phi) is 5.74. The van der Waals surface area contributed by atoms with Crippen LogP contribution in [0.3, 0.4) is 0 Å². The first-order valence-corrected chi connectivity index (χ1v) is 9.54. The van der Waals surface area contributed by atoms with Crippen molar-refractivity contribution in [2.75, 3.05) is 13.1 Å². The molecule has 2 aromatic heterocycles. The van der Waals surface area contributed by atoms with E-state index in [0.29, 0.717) is 31.2 Å². The zero-order chi connectivity index (χ0) is 18.7. The molecule has 1 aliphatic heterocycles. The van der Waals surface area contributed by atoms with Crippen LogP contribution in [0.4, 0.5) is 0 Å². The molecule has 1 aliphatic rings. The van der Waals surface area contributed by atoms with Gasteiger partial charge in [-0.05, 0) is 38.2 Å². The van der Waals surface area contributed by atoms with Gasteiger partial charge in [0.05, 0.1) is 11.6 Å². The first-order chi connectivity index (χ1) is 12.4. The highest BCUT2D eigenvalue weighted by molar-refractivity contribution is 5.76. The molecular weight excluding hydrogens is 330 g/mol. The Labute approximate surface area is 154 Å². The highest BCUT2D eigenvalue weighted by Crippen LogP contribution is 2.26. The van der Waals surface area contributed by atoms with E-state index in [4.69, 9.17) is 4.52 Å². The number of carbonyl (C=O) groups is 1. The molecule has 0 aliphatic carbocycles. The van der Waals surface area contributed by atoms with E-state index < -0.39 is 0 Å². The largest absolute Gasteiger partial charge is 0.342 e. The summed E-state index contributed by atoms with van der Waals surface area (Å²) in [5.74, 6) is 2.27. The smallest absolute Gasteiger partial charge is 0.231 e. The summed E-state index contributed by atoms with van der Waals surface area (Å²) in [6, 6.07) is 0. The molecule has 7 heteroatoms. The first kappa shape index (κ1) is 18.6. The fourth-order valence-electron chi connectivity index (χ4n) is 3.45. The molecule has 0 bridgehead atoms. The zero-order valence-corrected chi connectivity index (χ0v) is 16.2. The van der Waals surface area contributed by atoms with Crippen molar-refractivity contribution < 1.29 is 9.32 Å². The van der Waals surface area contributed by atoms with Gasteiger partial charge in [-0.25, -0.2) is 0 Å². The summed E-state index contributed by atoms with van der Waals surface area (Å²) in [5.41, 5.74) is 3.21. The molecule has 1 atom stereocenters. The summed E-state index contributed by atoms with van der Waals surface area (Å²) in [7, 11) is 0. The van der Waals surface area contributed by atoms with Gasteiger partial charge in [0.2, 0.25) is 11.8 Å². The number of H-pyrrole nitrogens is 1. The summed E-state index contributed by atoms with van der Waals surface area (Å²) in [6.45, 7) is 9.79. The van der Waals surface area contributed by atoms with Crippen LogP contribution >= 0.6 is 0 Å². The molecule has 1 fully saturated rings. The first-order valence-electron chi connectivity index (χ1n) is 9.54. The Balaban J connectivity index is 1.56. The van der Waals surface area contributed by atoms with Gasteiger partial charge >= 0.3 is 0 Å². The van der Waals surface area contributed by atoms with Crippen LogP contribution < -0.4 is 0 Å². The number of carbonyl (C=O) groups excluding carboxylic acids is 1. The second-order valence-electron chi connectivity index (χ2n) is 7.75. The summed E-state index contributed by atoms with van der Waals surface area (Å²) in [6.07, 6.45) is 3.94. The molecule has 3 rings (SSSR count). The van der Waals surface area contributed by atoms with Gasteiger partial charge in [-0.1, -0.05) is 19.0 Å². The molecule has 1 amide bonds. The van der Waals surface area contributed by atoms with Crippen molar-refractivity contribution >= 4 is 5.91 Å². The fourth-order valence-corrected chi connectivity index (χ4v) is 3.45. The summed E-state index contributed by atoms with van der Waals surface area (Å²) in [5, 5.41) is 11.4. The highest BCUT2D eigenvalue weighted by Gasteiger charge is 2.28. The number of rotatable bonds is 6. The summed E-state index contributed by atoms with van der Waals surface area (Å²) in [4.78, 5) is 19.1. The van der Waals surface area contributed by atoms with Gasteiger partial charge in [0.25, 0.3) is 0 Å². The summed E-state index contributed by atoms with van der Waals surface area (Å²) >= 11 is 0. The lowest BCUT2D eigenvalue weighted by Gasteiger charge is -2.31. The van der Waals surface area contributed by atoms with Gasteiger partial charge < -0.3 is 9.42 Å². The Hall–Kier alpha value is -2.18. The van der Waals surface area contributed by atoms with Crippen LogP contribution in [0.15, 0.2) is 4.52 Å². The van der Waals surface area contributed by atoms with Gasteiger partial charge in [-0.2, -0.15) is 10.1 Å². The molecule has 0 spiro atoms. The van der Waals surface area contributed by atoms with Gasteiger partial charge in [0, 0.05) is 38.0 Å². The molecular formula is C19H29N5O2. The number of piperidine rings is 1. The lowest BCUT2D eigenvalue weighted by Crippen LogP contribution is -2.39. The van der Waals surface area contributed by atoms with Crippen LogP contribution in [0.25, 0.3) is 0 Å².